The van der Waals surface area contributed by atoms with Crippen molar-refractivity contribution in [2.75, 3.05) is 25.2 Å². The van der Waals surface area contributed by atoms with Crippen LogP contribution < -0.4 is 14.8 Å². The first kappa shape index (κ1) is 20.4. The summed E-state index contributed by atoms with van der Waals surface area (Å²) in [4.78, 5) is 28.4. The molecule has 5 rings (SSSR count). The SMILES string of the molecule is C[C@@H]1S[C@@H](C(=O)Nc2ccc(CN3CCCC3)cc2)Cc2cc3c(cc2C1=O)OCO3. The number of carbonyl (C=O) groups is 2. The van der Waals surface area contributed by atoms with Crippen LogP contribution in [0.3, 0.4) is 0 Å². The van der Waals surface area contributed by atoms with Gasteiger partial charge in [-0.05, 0) is 74.7 Å². The first-order valence-corrected chi connectivity index (χ1v) is 11.8. The number of thioether (sulfide) groups is 1. The van der Waals surface area contributed by atoms with Crippen LogP contribution in [0.4, 0.5) is 5.69 Å². The van der Waals surface area contributed by atoms with E-state index < -0.39 is 0 Å². The van der Waals surface area contributed by atoms with E-state index >= 15 is 0 Å². The molecule has 162 valence electrons. The van der Waals surface area contributed by atoms with Gasteiger partial charge in [-0.2, -0.15) is 0 Å². The fourth-order valence-corrected chi connectivity index (χ4v) is 5.63. The minimum atomic E-state index is -0.357. The summed E-state index contributed by atoms with van der Waals surface area (Å²) < 4.78 is 10.9. The van der Waals surface area contributed by atoms with Crippen molar-refractivity contribution in [2.45, 2.75) is 43.2 Å². The first-order valence-electron chi connectivity index (χ1n) is 10.8. The fourth-order valence-electron chi connectivity index (χ4n) is 4.43. The predicted molar refractivity (Wildman–Crippen MR) is 121 cm³/mol. The van der Waals surface area contributed by atoms with Gasteiger partial charge in [0.05, 0.1) is 10.5 Å². The Hall–Kier alpha value is -2.51. The topological polar surface area (TPSA) is 67.9 Å². The number of hydrogen-bond acceptors (Lipinski definition) is 6. The second-order valence-corrected chi connectivity index (χ2v) is 9.92. The number of hydrogen-bond donors (Lipinski definition) is 1. The number of ether oxygens (including phenoxy) is 2. The standard InChI is InChI=1S/C24H26N2O4S/c1-15-23(27)19-12-21-20(29-14-30-21)10-17(19)11-22(31-15)24(28)25-18-6-4-16(5-7-18)13-26-8-2-3-9-26/h4-7,10,12,15,22H,2-3,8-9,11,13-14H2,1H3,(H,25,28)/t15-,22+/m0/s1. The lowest BCUT2D eigenvalue weighted by Gasteiger charge is -2.17. The highest BCUT2D eigenvalue weighted by Gasteiger charge is 2.33. The Morgan fingerprint density at radius 2 is 1.84 bits per heavy atom. The van der Waals surface area contributed by atoms with E-state index in [-0.39, 0.29) is 29.0 Å². The quantitative estimate of drug-likeness (QED) is 0.782. The molecule has 0 aromatic heterocycles. The molecular weight excluding hydrogens is 412 g/mol. The first-order chi connectivity index (χ1) is 15.1. The Bertz CT molecular complexity index is 1000. The zero-order valence-corrected chi connectivity index (χ0v) is 18.4. The Morgan fingerprint density at radius 1 is 1.13 bits per heavy atom. The average molecular weight is 439 g/mol. The van der Waals surface area contributed by atoms with Crippen molar-refractivity contribution >= 4 is 29.1 Å². The van der Waals surface area contributed by atoms with Gasteiger partial charge >= 0.3 is 0 Å². The van der Waals surface area contributed by atoms with Crippen LogP contribution in [-0.4, -0.2) is 47.0 Å². The molecule has 0 aliphatic carbocycles. The lowest BCUT2D eigenvalue weighted by Crippen LogP contribution is -2.28. The largest absolute Gasteiger partial charge is 0.454 e. The van der Waals surface area contributed by atoms with Crippen LogP contribution in [0.1, 0.15) is 41.3 Å². The third kappa shape index (κ3) is 4.29. The molecule has 1 saturated heterocycles. The zero-order chi connectivity index (χ0) is 21.4. The lowest BCUT2D eigenvalue weighted by atomic mass is 9.97. The summed E-state index contributed by atoms with van der Waals surface area (Å²) in [7, 11) is 0. The second kappa shape index (κ2) is 8.55. The molecule has 3 aliphatic heterocycles. The number of amides is 1. The molecule has 0 spiro atoms. The number of Topliss-reactive ketones (excluding diaryl/α,β-unsaturated/α-hetero) is 1. The molecule has 3 heterocycles. The van der Waals surface area contributed by atoms with Crippen molar-refractivity contribution in [1.82, 2.24) is 4.90 Å². The van der Waals surface area contributed by atoms with Crippen LogP contribution >= 0.6 is 11.8 Å². The van der Waals surface area contributed by atoms with Gasteiger partial charge in [0.1, 0.15) is 0 Å². The van der Waals surface area contributed by atoms with E-state index in [2.05, 4.69) is 22.3 Å². The van der Waals surface area contributed by atoms with E-state index in [4.69, 9.17) is 9.47 Å². The van der Waals surface area contributed by atoms with E-state index in [1.165, 1.54) is 30.2 Å². The maximum Gasteiger partial charge on any atom is 0.237 e. The third-order valence-corrected chi connectivity index (χ3v) is 7.46. The highest BCUT2D eigenvalue weighted by atomic mass is 32.2. The van der Waals surface area contributed by atoms with Crippen molar-refractivity contribution in [3.8, 4) is 11.5 Å². The summed E-state index contributed by atoms with van der Waals surface area (Å²) in [5.41, 5.74) is 3.51. The summed E-state index contributed by atoms with van der Waals surface area (Å²) >= 11 is 1.41. The fraction of sp³-hybridized carbons (Fsp3) is 0.417. The van der Waals surface area contributed by atoms with Crippen LogP contribution in [0.2, 0.25) is 0 Å². The highest BCUT2D eigenvalue weighted by Crippen LogP contribution is 2.39. The molecule has 0 radical (unpaired) electrons. The molecule has 2 aromatic rings. The molecule has 7 heteroatoms. The van der Waals surface area contributed by atoms with E-state index in [1.807, 2.05) is 25.1 Å². The summed E-state index contributed by atoms with van der Waals surface area (Å²) in [5, 5.41) is 2.38. The van der Waals surface area contributed by atoms with E-state index in [0.717, 1.165) is 30.9 Å². The van der Waals surface area contributed by atoms with Gasteiger partial charge < -0.3 is 14.8 Å². The molecule has 6 nitrogen and oxygen atoms in total. The van der Waals surface area contributed by atoms with Gasteiger partial charge in [0, 0.05) is 17.8 Å². The van der Waals surface area contributed by atoms with E-state index in [9.17, 15) is 9.59 Å². The molecule has 1 N–H and O–H groups in total. The van der Waals surface area contributed by atoms with E-state index in [1.54, 1.807) is 6.07 Å². The van der Waals surface area contributed by atoms with Crippen LogP contribution in [0.15, 0.2) is 36.4 Å². The second-order valence-electron chi connectivity index (χ2n) is 8.37. The number of nitrogens with zero attached hydrogens (tertiary/aromatic N) is 1. The Labute approximate surface area is 186 Å². The van der Waals surface area contributed by atoms with Gasteiger partial charge in [-0.1, -0.05) is 12.1 Å². The summed E-state index contributed by atoms with van der Waals surface area (Å²) in [6.45, 7) is 5.31. The number of rotatable bonds is 4. The maximum atomic E-state index is 13.1. The van der Waals surface area contributed by atoms with Gasteiger partial charge in [0.2, 0.25) is 12.7 Å². The number of fused-ring (bicyclic) bond motifs is 2. The number of likely N-dealkylation sites (tertiary alicyclic amines) is 1. The van der Waals surface area contributed by atoms with Crippen LogP contribution in [0, 0.1) is 0 Å². The van der Waals surface area contributed by atoms with Gasteiger partial charge in [-0.3, -0.25) is 14.5 Å². The van der Waals surface area contributed by atoms with Crippen molar-refractivity contribution in [3.05, 3.63) is 53.1 Å². The Kier molecular flexibility index (Phi) is 5.63. The molecule has 31 heavy (non-hydrogen) atoms. The molecule has 0 bridgehead atoms. The molecule has 3 aliphatic rings. The molecule has 1 fully saturated rings. The molecule has 0 unspecified atom stereocenters. The summed E-state index contributed by atoms with van der Waals surface area (Å²) in [6.07, 6.45) is 3.03. The lowest BCUT2D eigenvalue weighted by molar-refractivity contribution is -0.115. The minimum absolute atomic E-state index is 0.0277. The van der Waals surface area contributed by atoms with Crippen molar-refractivity contribution < 1.29 is 19.1 Å². The highest BCUT2D eigenvalue weighted by molar-refractivity contribution is 8.01. The number of carbonyl (C=O) groups excluding carboxylic acids is 2. The monoisotopic (exact) mass is 438 g/mol. The molecular formula is C24H26N2O4S. The number of nitrogens with one attached hydrogen (secondary N) is 1. The van der Waals surface area contributed by atoms with Gasteiger partial charge in [0.25, 0.3) is 0 Å². The Balaban J connectivity index is 1.29. The van der Waals surface area contributed by atoms with Gasteiger partial charge in [0.15, 0.2) is 17.3 Å². The molecule has 2 aromatic carbocycles. The molecule has 2 atom stereocenters. The summed E-state index contributed by atoms with van der Waals surface area (Å²) in [6, 6.07) is 11.7. The molecule has 0 saturated carbocycles. The normalized spacial score (nSPS) is 22.8. The van der Waals surface area contributed by atoms with Crippen LogP contribution in [-0.2, 0) is 17.8 Å². The smallest absolute Gasteiger partial charge is 0.237 e. The van der Waals surface area contributed by atoms with Crippen molar-refractivity contribution in [2.24, 2.45) is 0 Å². The number of ketones is 1. The predicted octanol–water partition coefficient (Wildman–Crippen LogP) is 3.88. The number of benzene rings is 2. The maximum absolute atomic E-state index is 13.1. The van der Waals surface area contributed by atoms with Crippen molar-refractivity contribution in [1.29, 1.82) is 0 Å². The van der Waals surface area contributed by atoms with Crippen LogP contribution in [0.25, 0.3) is 0 Å². The average Bonchev–Trinajstić information content (AvgIpc) is 3.42. The van der Waals surface area contributed by atoms with Crippen molar-refractivity contribution in [3.63, 3.8) is 0 Å². The zero-order valence-electron chi connectivity index (χ0n) is 17.6. The Morgan fingerprint density at radius 3 is 2.58 bits per heavy atom. The van der Waals surface area contributed by atoms with Crippen LogP contribution in [0.5, 0.6) is 11.5 Å². The summed E-state index contributed by atoms with van der Waals surface area (Å²) in [5.74, 6) is 1.18. The van der Waals surface area contributed by atoms with Gasteiger partial charge in [-0.15, -0.1) is 11.8 Å². The van der Waals surface area contributed by atoms with E-state index in [0.29, 0.717) is 23.5 Å². The third-order valence-electron chi connectivity index (χ3n) is 6.13. The molecule has 1 amide bonds. The minimum Gasteiger partial charge on any atom is -0.454 e. The number of anilines is 1. The van der Waals surface area contributed by atoms with Gasteiger partial charge in [-0.25, -0.2) is 0 Å².